The van der Waals surface area contributed by atoms with E-state index >= 15 is 0 Å². The van der Waals surface area contributed by atoms with E-state index in [9.17, 15) is 24.9 Å². The molecule has 0 radical (unpaired) electrons. The lowest BCUT2D eigenvalue weighted by Gasteiger charge is -2.38. The molecule has 0 bridgehead atoms. The van der Waals surface area contributed by atoms with Crippen LogP contribution in [0.4, 0.5) is 0 Å². The highest BCUT2D eigenvalue weighted by Crippen LogP contribution is 2.36. The summed E-state index contributed by atoms with van der Waals surface area (Å²) in [5.74, 6) is -0.875. The first-order chi connectivity index (χ1) is 25.2. The maximum Gasteiger partial charge on any atom is 0.336 e. The molecule has 3 N–H and O–H groups in total. The lowest BCUT2D eigenvalue weighted by molar-refractivity contribution is -0.289. The summed E-state index contributed by atoms with van der Waals surface area (Å²) in [4.78, 5) is 23.5. The van der Waals surface area contributed by atoms with Crippen LogP contribution in [0.3, 0.4) is 0 Å². The Balaban J connectivity index is 1.02. The molecule has 0 amide bonds. The quantitative estimate of drug-likeness (QED) is 0.0508. The maximum atomic E-state index is 11.8. The Morgan fingerprint density at radius 1 is 0.698 bits per heavy atom. The highest BCUT2D eigenvalue weighted by atomic mass is 16.6. The monoisotopic (exact) mass is 728 g/mol. The molecule has 280 valence electrons. The van der Waals surface area contributed by atoms with Gasteiger partial charge in [0, 0.05) is 24.3 Å². The summed E-state index contributed by atoms with van der Waals surface area (Å²) in [6, 6.07) is 12.9. The molecule has 4 aromatic heterocycles. The van der Waals surface area contributed by atoms with Crippen LogP contribution >= 0.6 is 0 Å². The Kier molecular flexibility index (Phi) is 11.0. The van der Waals surface area contributed by atoms with Crippen molar-refractivity contribution in [3.8, 4) is 11.5 Å². The summed E-state index contributed by atoms with van der Waals surface area (Å²) >= 11 is 0. The summed E-state index contributed by atoms with van der Waals surface area (Å²) in [5.41, 5.74) is 1.40. The van der Waals surface area contributed by atoms with Gasteiger partial charge in [-0.3, -0.25) is 0 Å². The first-order valence-electron chi connectivity index (χ1n) is 17.5. The Labute approximate surface area is 304 Å². The molecular formula is C41H44O12. The van der Waals surface area contributed by atoms with Crippen LogP contribution in [-0.2, 0) is 4.74 Å². The van der Waals surface area contributed by atoms with Crippen LogP contribution < -0.4 is 20.7 Å². The van der Waals surface area contributed by atoms with Crippen molar-refractivity contribution in [1.82, 2.24) is 0 Å². The van der Waals surface area contributed by atoms with Gasteiger partial charge in [-0.2, -0.15) is 0 Å². The van der Waals surface area contributed by atoms with Gasteiger partial charge in [-0.25, -0.2) is 9.59 Å². The second kappa shape index (κ2) is 15.5. The second-order valence-electron chi connectivity index (χ2n) is 14.0. The van der Waals surface area contributed by atoms with Crippen molar-refractivity contribution < 1.29 is 47.2 Å². The van der Waals surface area contributed by atoms with Crippen molar-refractivity contribution in [3.05, 3.63) is 105 Å². The SMILES string of the molecule is CC(=CCOc1c2ccoc2cc2oc(=O)ccc12)CC[C@@H](O[C@@](C)(O)[C@@H](O)CCC(C)=CCOc1c2ccoc2cc2oc(=O)ccc12)C(C)(C)O. The van der Waals surface area contributed by atoms with Crippen molar-refractivity contribution >= 4 is 43.9 Å². The molecule has 12 heteroatoms. The van der Waals surface area contributed by atoms with Gasteiger partial charge in [0.1, 0.15) is 53.1 Å². The lowest BCUT2D eigenvalue weighted by Crippen LogP contribution is -2.50. The van der Waals surface area contributed by atoms with Crippen LogP contribution in [0.2, 0.25) is 0 Å². The van der Waals surface area contributed by atoms with Gasteiger partial charge in [0.25, 0.3) is 0 Å². The van der Waals surface area contributed by atoms with Crippen molar-refractivity contribution in [1.29, 1.82) is 0 Å². The minimum atomic E-state index is -1.94. The first kappa shape index (κ1) is 37.6. The fourth-order valence-corrected chi connectivity index (χ4v) is 6.18. The summed E-state index contributed by atoms with van der Waals surface area (Å²) in [6.45, 7) is 8.86. The van der Waals surface area contributed by atoms with Gasteiger partial charge in [-0.05, 0) is 96.7 Å². The number of hydrogen-bond acceptors (Lipinski definition) is 12. The van der Waals surface area contributed by atoms with Crippen molar-refractivity contribution in [2.75, 3.05) is 13.2 Å². The highest BCUT2D eigenvalue weighted by molar-refractivity contribution is 6.02. The molecule has 2 aromatic carbocycles. The average Bonchev–Trinajstić information content (AvgIpc) is 3.77. The zero-order valence-electron chi connectivity index (χ0n) is 30.3. The first-order valence-corrected chi connectivity index (χ1v) is 17.5. The van der Waals surface area contributed by atoms with Crippen molar-refractivity contribution in [2.45, 2.75) is 83.9 Å². The smallest absolute Gasteiger partial charge is 0.336 e. The second-order valence-corrected chi connectivity index (χ2v) is 14.0. The largest absolute Gasteiger partial charge is 0.488 e. The number of furan rings is 2. The number of ether oxygens (including phenoxy) is 3. The third-order valence-corrected chi connectivity index (χ3v) is 9.34. The molecule has 0 spiro atoms. The van der Waals surface area contributed by atoms with Gasteiger partial charge in [0.15, 0.2) is 5.79 Å². The van der Waals surface area contributed by atoms with E-state index in [1.54, 1.807) is 56.5 Å². The van der Waals surface area contributed by atoms with Gasteiger partial charge in [0.2, 0.25) is 0 Å². The predicted molar refractivity (Wildman–Crippen MR) is 199 cm³/mol. The third-order valence-electron chi connectivity index (χ3n) is 9.34. The number of aliphatic hydroxyl groups is 3. The van der Waals surface area contributed by atoms with E-state index in [1.165, 1.54) is 25.3 Å². The molecule has 0 aliphatic heterocycles. The van der Waals surface area contributed by atoms with Crippen LogP contribution in [0.15, 0.2) is 112 Å². The maximum absolute atomic E-state index is 11.8. The number of hydrogen-bond donors (Lipinski definition) is 3. The fourth-order valence-electron chi connectivity index (χ4n) is 6.18. The van der Waals surface area contributed by atoms with Crippen LogP contribution in [0, 0.1) is 0 Å². The number of benzene rings is 2. The highest BCUT2D eigenvalue weighted by Gasteiger charge is 2.39. The molecule has 0 aliphatic carbocycles. The van der Waals surface area contributed by atoms with E-state index in [-0.39, 0.29) is 19.6 Å². The van der Waals surface area contributed by atoms with Gasteiger partial charge in [-0.15, -0.1) is 0 Å². The number of rotatable bonds is 16. The molecule has 0 aliphatic rings. The Hall–Kier alpha value is -5.14. The van der Waals surface area contributed by atoms with Gasteiger partial charge >= 0.3 is 11.3 Å². The van der Waals surface area contributed by atoms with Gasteiger partial charge < -0.3 is 47.2 Å². The summed E-state index contributed by atoms with van der Waals surface area (Å²) in [6.07, 6.45) is 6.32. The predicted octanol–water partition coefficient (Wildman–Crippen LogP) is 7.53. The number of allylic oxidation sites excluding steroid dienone is 2. The summed E-state index contributed by atoms with van der Waals surface area (Å²) < 4.78 is 39.9. The van der Waals surface area contributed by atoms with E-state index in [1.807, 2.05) is 26.0 Å². The zero-order chi connectivity index (χ0) is 37.9. The molecule has 53 heavy (non-hydrogen) atoms. The molecule has 4 heterocycles. The van der Waals surface area contributed by atoms with E-state index in [4.69, 9.17) is 31.9 Å². The Morgan fingerprint density at radius 2 is 1.15 bits per heavy atom. The van der Waals surface area contributed by atoms with Gasteiger partial charge in [-0.1, -0.05) is 11.1 Å². The van der Waals surface area contributed by atoms with Crippen molar-refractivity contribution in [3.63, 3.8) is 0 Å². The molecular weight excluding hydrogens is 684 g/mol. The molecule has 3 atom stereocenters. The van der Waals surface area contributed by atoms with Crippen LogP contribution in [-0.4, -0.2) is 52.1 Å². The van der Waals surface area contributed by atoms with Crippen LogP contribution in [0.5, 0.6) is 11.5 Å². The van der Waals surface area contributed by atoms with Crippen LogP contribution in [0.25, 0.3) is 43.9 Å². The molecule has 0 unspecified atom stereocenters. The van der Waals surface area contributed by atoms with Crippen LogP contribution in [0.1, 0.15) is 60.3 Å². The average molecular weight is 729 g/mol. The topological polar surface area (TPSA) is 175 Å². The van der Waals surface area contributed by atoms with Crippen molar-refractivity contribution in [2.24, 2.45) is 0 Å². The minimum absolute atomic E-state index is 0.192. The number of fused-ring (bicyclic) bond motifs is 4. The lowest BCUT2D eigenvalue weighted by atomic mass is 9.94. The van der Waals surface area contributed by atoms with E-state index in [0.717, 1.165) is 21.9 Å². The minimum Gasteiger partial charge on any atom is -0.488 e. The van der Waals surface area contributed by atoms with E-state index in [0.29, 0.717) is 63.9 Å². The molecule has 6 rings (SSSR count). The molecule has 0 fully saturated rings. The zero-order valence-corrected chi connectivity index (χ0v) is 30.3. The number of aliphatic hydroxyl groups excluding tert-OH is 1. The normalized spacial score (nSPS) is 15.3. The Morgan fingerprint density at radius 3 is 1.62 bits per heavy atom. The van der Waals surface area contributed by atoms with E-state index < -0.39 is 34.8 Å². The Bertz CT molecular complexity index is 2400. The summed E-state index contributed by atoms with van der Waals surface area (Å²) in [7, 11) is 0. The summed E-state index contributed by atoms with van der Waals surface area (Å²) in [5, 5.41) is 36.0. The molecule has 12 nitrogen and oxygen atoms in total. The molecule has 0 saturated carbocycles. The van der Waals surface area contributed by atoms with E-state index in [2.05, 4.69) is 0 Å². The third kappa shape index (κ3) is 8.74. The standard InChI is InChI=1S/C41H44O12/c1-24(14-18-49-38-26-8-12-36(43)51-32(26)22-30-28(38)16-20-47-30)6-10-34(42)41(5,46)53-35(40(3,4)45)11-7-25(2)15-19-50-39-27-9-13-37(44)52-33(27)23-31-29(39)17-21-48-31/h8-9,12-17,20-23,34-35,42,45-46H,6-7,10-11,18-19H2,1-5H3/t34-,35+,41+/m0/s1. The molecule has 6 aromatic rings. The fraction of sp³-hybridized carbons (Fsp3) is 0.366. The van der Waals surface area contributed by atoms with Gasteiger partial charge in [0.05, 0.1) is 45.8 Å². The molecule has 0 saturated heterocycles.